The molecular formula is C24H19F3N2O3. The predicted molar refractivity (Wildman–Crippen MR) is 107 cm³/mol. The van der Waals surface area contributed by atoms with Crippen LogP contribution in [0.1, 0.15) is 36.5 Å². The van der Waals surface area contributed by atoms with E-state index in [1.54, 1.807) is 6.92 Å². The number of imide groups is 1. The van der Waals surface area contributed by atoms with E-state index >= 15 is 0 Å². The van der Waals surface area contributed by atoms with Gasteiger partial charge in [0.1, 0.15) is 0 Å². The molecule has 4 atom stereocenters. The van der Waals surface area contributed by atoms with Crippen molar-refractivity contribution in [3.63, 3.8) is 0 Å². The third kappa shape index (κ3) is 2.81. The Balaban J connectivity index is 1.56. The van der Waals surface area contributed by atoms with Gasteiger partial charge < -0.3 is 4.74 Å². The Hall–Kier alpha value is -3.18. The minimum Gasteiger partial charge on any atom is -0.367 e. The highest BCUT2D eigenvalue weighted by molar-refractivity contribution is 6.23. The van der Waals surface area contributed by atoms with Gasteiger partial charge in [0.25, 0.3) is 0 Å². The number of anilines is 1. The van der Waals surface area contributed by atoms with Crippen LogP contribution in [0.15, 0.2) is 48.5 Å². The molecule has 0 radical (unpaired) electrons. The summed E-state index contributed by atoms with van der Waals surface area (Å²) in [5.41, 5.74) is -2.65. The second-order valence-corrected chi connectivity index (χ2v) is 8.95. The first kappa shape index (κ1) is 20.7. The lowest BCUT2D eigenvalue weighted by Gasteiger charge is -2.31. The quantitative estimate of drug-likeness (QED) is 0.670. The number of rotatable bonds is 3. The Labute approximate surface area is 182 Å². The van der Waals surface area contributed by atoms with Crippen LogP contribution in [0.25, 0.3) is 0 Å². The van der Waals surface area contributed by atoms with Crippen LogP contribution in [0, 0.1) is 23.2 Å². The topological polar surface area (TPSA) is 70.4 Å². The number of nitrogens with zero attached hydrogens (tertiary/aromatic N) is 2. The average molecular weight is 440 g/mol. The number of nitriles is 1. The van der Waals surface area contributed by atoms with Crippen molar-refractivity contribution in [2.24, 2.45) is 11.8 Å². The van der Waals surface area contributed by atoms with Crippen molar-refractivity contribution in [2.45, 2.75) is 43.6 Å². The van der Waals surface area contributed by atoms with Gasteiger partial charge in [0.05, 0.1) is 45.9 Å². The smallest absolute Gasteiger partial charge is 0.367 e. The van der Waals surface area contributed by atoms with Gasteiger partial charge in [-0.05, 0) is 43.5 Å². The monoisotopic (exact) mass is 440 g/mol. The van der Waals surface area contributed by atoms with Crippen molar-refractivity contribution < 1.29 is 27.5 Å². The number of amides is 2. The maximum Gasteiger partial charge on any atom is 0.417 e. The molecule has 8 heteroatoms. The van der Waals surface area contributed by atoms with Crippen LogP contribution < -0.4 is 4.90 Å². The Kier molecular flexibility index (Phi) is 4.31. The summed E-state index contributed by atoms with van der Waals surface area (Å²) >= 11 is 0. The Morgan fingerprint density at radius 2 is 1.78 bits per heavy atom. The minimum atomic E-state index is -4.79. The molecule has 3 fully saturated rings. The van der Waals surface area contributed by atoms with Gasteiger partial charge in [0.2, 0.25) is 11.8 Å². The SMILES string of the molecule is C[C@@]12CC[C@@](Cc3ccccc3)(O1)[C@H]1C(=O)N(c3ccc(C#N)c(C(F)(F)F)c3)C(=O)[C@H]12. The van der Waals surface area contributed by atoms with Gasteiger partial charge in [-0.3, -0.25) is 9.59 Å². The molecule has 0 N–H and O–H groups in total. The number of carbonyl (C=O) groups excluding carboxylic acids is 2. The summed E-state index contributed by atoms with van der Waals surface area (Å²) in [7, 11) is 0. The Morgan fingerprint density at radius 3 is 2.44 bits per heavy atom. The van der Waals surface area contributed by atoms with E-state index in [0.717, 1.165) is 16.5 Å². The van der Waals surface area contributed by atoms with Gasteiger partial charge in [-0.1, -0.05) is 30.3 Å². The molecular weight excluding hydrogens is 421 g/mol. The summed E-state index contributed by atoms with van der Waals surface area (Å²) in [5.74, 6) is -2.61. The first-order valence-corrected chi connectivity index (χ1v) is 10.3. The first-order valence-electron chi connectivity index (χ1n) is 10.3. The highest BCUT2D eigenvalue weighted by atomic mass is 19.4. The van der Waals surface area contributed by atoms with Crippen molar-refractivity contribution in [1.29, 1.82) is 5.26 Å². The molecule has 0 unspecified atom stereocenters. The van der Waals surface area contributed by atoms with E-state index in [0.29, 0.717) is 25.3 Å². The fourth-order valence-electron chi connectivity index (χ4n) is 5.71. The maximum absolute atomic E-state index is 13.5. The molecule has 32 heavy (non-hydrogen) atoms. The van der Waals surface area contributed by atoms with Gasteiger partial charge in [-0.15, -0.1) is 0 Å². The van der Waals surface area contributed by atoms with E-state index in [4.69, 9.17) is 10.00 Å². The van der Waals surface area contributed by atoms with Gasteiger partial charge in [-0.2, -0.15) is 18.4 Å². The highest BCUT2D eigenvalue weighted by Crippen LogP contribution is 2.62. The minimum absolute atomic E-state index is 0.168. The van der Waals surface area contributed by atoms with E-state index in [9.17, 15) is 22.8 Å². The summed E-state index contributed by atoms with van der Waals surface area (Å²) in [6.07, 6.45) is -3.16. The Bertz CT molecular complexity index is 1170. The summed E-state index contributed by atoms with van der Waals surface area (Å²) < 4.78 is 46.8. The molecule has 0 saturated carbocycles. The Morgan fingerprint density at radius 1 is 1.09 bits per heavy atom. The van der Waals surface area contributed by atoms with E-state index in [1.807, 2.05) is 30.3 Å². The third-order valence-corrected chi connectivity index (χ3v) is 7.05. The fourth-order valence-corrected chi connectivity index (χ4v) is 5.71. The molecule has 2 amide bonds. The van der Waals surface area contributed by atoms with Crippen LogP contribution in [-0.4, -0.2) is 23.0 Å². The maximum atomic E-state index is 13.5. The van der Waals surface area contributed by atoms with E-state index in [2.05, 4.69) is 0 Å². The zero-order chi connectivity index (χ0) is 22.9. The lowest BCUT2D eigenvalue weighted by Crippen LogP contribution is -2.43. The molecule has 2 aromatic carbocycles. The summed E-state index contributed by atoms with van der Waals surface area (Å²) in [6, 6.07) is 14.0. The molecule has 0 aromatic heterocycles. The fraction of sp³-hybridized carbons (Fsp3) is 0.375. The number of hydrogen-bond acceptors (Lipinski definition) is 4. The van der Waals surface area contributed by atoms with Crippen molar-refractivity contribution in [3.8, 4) is 6.07 Å². The number of benzene rings is 2. The molecule has 3 saturated heterocycles. The second kappa shape index (κ2) is 6.66. The predicted octanol–water partition coefficient (Wildman–Crippen LogP) is 4.25. The number of carbonyl (C=O) groups is 2. The van der Waals surface area contributed by atoms with E-state index in [-0.39, 0.29) is 5.69 Å². The van der Waals surface area contributed by atoms with Crippen LogP contribution in [-0.2, 0) is 26.9 Å². The first-order chi connectivity index (χ1) is 15.1. The second-order valence-electron chi connectivity index (χ2n) is 8.95. The highest BCUT2D eigenvalue weighted by Gasteiger charge is 2.73. The van der Waals surface area contributed by atoms with Crippen molar-refractivity contribution in [1.82, 2.24) is 0 Å². The number of fused-ring (bicyclic) bond motifs is 5. The summed E-state index contributed by atoms with van der Waals surface area (Å²) in [6.45, 7) is 1.80. The molecule has 5 rings (SSSR count). The summed E-state index contributed by atoms with van der Waals surface area (Å²) in [4.78, 5) is 27.8. The normalized spacial score (nSPS) is 31.2. The molecule has 5 nitrogen and oxygen atoms in total. The van der Waals surface area contributed by atoms with Crippen LogP contribution in [0.5, 0.6) is 0 Å². The van der Waals surface area contributed by atoms with Crippen LogP contribution in [0.3, 0.4) is 0 Å². The average Bonchev–Trinajstić information content (AvgIpc) is 3.32. The lowest BCUT2D eigenvalue weighted by molar-refractivity contribution is -0.138. The molecule has 3 aliphatic rings. The molecule has 0 aliphatic carbocycles. The molecule has 3 aliphatic heterocycles. The van der Waals surface area contributed by atoms with Gasteiger partial charge in [0.15, 0.2) is 0 Å². The summed E-state index contributed by atoms with van der Waals surface area (Å²) in [5, 5.41) is 9.04. The number of ether oxygens (including phenoxy) is 1. The van der Waals surface area contributed by atoms with Crippen LogP contribution in [0.2, 0.25) is 0 Å². The van der Waals surface area contributed by atoms with Crippen molar-refractivity contribution in [2.75, 3.05) is 4.90 Å². The number of alkyl halides is 3. The number of halogens is 3. The zero-order valence-electron chi connectivity index (χ0n) is 17.1. The molecule has 2 bridgehead atoms. The standard InChI is InChI=1S/C24H19F3N2O3/c1-22-9-10-23(32-22,12-14-5-3-2-4-6-14)19-18(22)20(30)29(21(19)31)16-8-7-15(13-28)17(11-16)24(25,26)27/h2-8,11,18-19H,9-10,12H2,1H3/t18-,19+,22-,23-/m0/s1. The van der Waals surface area contributed by atoms with E-state index < -0.39 is 52.2 Å². The van der Waals surface area contributed by atoms with Gasteiger partial charge in [-0.25, -0.2) is 4.90 Å². The third-order valence-electron chi connectivity index (χ3n) is 7.05. The molecule has 164 valence electrons. The lowest BCUT2D eigenvalue weighted by atomic mass is 9.66. The van der Waals surface area contributed by atoms with Gasteiger partial charge in [0, 0.05) is 6.42 Å². The molecule has 2 aromatic rings. The largest absolute Gasteiger partial charge is 0.417 e. The molecule has 0 spiro atoms. The van der Waals surface area contributed by atoms with Crippen molar-refractivity contribution in [3.05, 3.63) is 65.2 Å². The zero-order valence-corrected chi connectivity index (χ0v) is 17.1. The molecule has 3 heterocycles. The van der Waals surface area contributed by atoms with Crippen molar-refractivity contribution >= 4 is 17.5 Å². The van der Waals surface area contributed by atoms with E-state index in [1.165, 1.54) is 12.1 Å². The van der Waals surface area contributed by atoms with Crippen LogP contribution >= 0.6 is 0 Å². The van der Waals surface area contributed by atoms with Crippen LogP contribution in [0.4, 0.5) is 18.9 Å². The number of hydrogen-bond donors (Lipinski definition) is 0. The van der Waals surface area contributed by atoms with Gasteiger partial charge >= 0.3 is 6.18 Å².